The number of nitrogens with one attached hydrogen (secondary N) is 1. The van der Waals surface area contributed by atoms with Crippen molar-refractivity contribution < 1.29 is 9.18 Å². The zero-order chi connectivity index (χ0) is 20.4. The quantitative estimate of drug-likeness (QED) is 0.710. The highest BCUT2D eigenvalue weighted by atomic mass is 35.5. The summed E-state index contributed by atoms with van der Waals surface area (Å²) in [7, 11) is 0. The van der Waals surface area contributed by atoms with Crippen LogP contribution in [-0.2, 0) is 17.9 Å². The standard InChI is InChI=1S/C20H19ClFN3O3/c1-12(2)10-25-19(27)14-5-3-4-6-17(14)24(20(25)28)11-18(26)23-16-8-7-13(21)9-15(16)22/h3-9,12H,10-11H2,1-2H3,(H,23,26). The third-order valence-electron chi connectivity index (χ3n) is 4.19. The number of para-hydroxylation sites is 1. The van der Waals surface area contributed by atoms with Crippen LogP contribution in [-0.4, -0.2) is 15.0 Å². The maximum atomic E-state index is 13.9. The number of halogens is 2. The molecule has 146 valence electrons. The van der Waals surface area contributed by atoms with Crippen LogP contribution in [0, 0.1) is 11.7 Å². The summed E-state index contributed by atoms with van der Waals surface area (Å²) in [4.78, 5) is 38.0. The normalized spacial score (nSPS) is 11.2. The Hall–Kier alpha value is -2.93. The fourth-order valence-electron chi connectivity index (χ4n) is 2.97. The van der Waals surface area contributed by atoms with Crippen molar-refractivity contribution in [1.29, 1.82) is 0 Å². The van der Waals surface area contributed by atoms with Gasteiger partial charge in [-0.1, -0.05) is 37.6 Å². The molecule has 1 heterocycles. The van der Waals surface area contributed by atoms with Gasteiger partial charge >= 0.3 is 5.69 Å². The van der Waals surface area contributed by atoms with E-state index in [-0.39, 0.29) is 29.7 Å². The summed E-state index contributed by atoms with van der Waals surface area (Å²) in [6, 6.07) is 10.5. The molecule has 0 radical (unpaired) electrons. The van der Waals surface area contributed by atoms with Crippen molar-refractivity contribution in [3.05, 3.63) is 74.1 Å². The van der Waals surface area contributed by atoms with E-state index in [1.165, 1.54) is 16.7 Å². The Bertz CT molecular complexity index is 1170. The van der Waals surface area contributed by atoms with E-state index >= 15 is 0 Å². The number of carbonyl (C=O) groups excluding carboxylic acids is 1. The highest BCUT2D eigenvalue weighted by molar-refractivity contribution is 6.30. The lowest BCUT2D eigenvalue weighted by molar-refractivity contribution is -0.116. The monoisotopic (exact) mass is 403 g/mol. The Morgan fingerprint density at radius 3 is 2.54 bits per heavy atom. The summed E-state index contributed by atoms with van der Waals surface area (Å²) in [5, 5.41) is 2.98. The lowest BCUT2D eigenvalue weighted by Crippen LogP contribution is -2.42. The Morgan fingerprint density at radius 1 is 1.14 bits per heavy atom. The Balaban J connectivity index is 2.03. The number of rotatable bonds is 5. The van der Waals surface area contributed by atoms with Crippen molar-refractivity contribution in [2.45, 2.75) is 26.9 Å². The summed E-state index contributed by atoms with van der Waals surface area (Å²) in [5.74, 6) is -1.21. The topological polar surface area (TPSA) is 73.1 Å². The molecule has 1 aromatic heterocycles. The van der Waals surface area contributed by atoms with Crippen LogP contribution < -0.4 is 16.6 Å². The second kappa shape index (κ2) is 7.98. The molecular weight excluding hydrogens is 385 g/mol. The van der Waals surface area contributed by atoms with Crippen LogP contribution in [0.4, 0.5) is 10.1 Å². The maximum Gasteiger partial charge on any atom is 0.331 e. The van der Waals surface area contributed by atoms with Gasteiger partial charge in [-0.25, -0.2) is 9.18 Å². The average molecular weight is 404 g/mol. The Morgan fingerprint density at radius 2 is 1.86 bits per heavy atom. The molecular formula is C20H19ClFN3O3. The molecule has 0 unspecified atom stereocenters. The second-order valence-corrected chi connectivity index (χ2v) is 7.30. The lowest BCUT2D eigenvalue weighted by Gasteiger charge is -2.15. The highest BCUT2D eigenvalue weighted by Crippen LogP contribution is 2.19. The molecule has 3 aromatic rings. The predicted octanol–water partition coefficient (Wildman–Crippen LogP) is 3.25. The number of nitrogens with zero attached hydrogens (tertiary/aromatic N) is 2. The number of aromatic nitrogens is 2. The van der Waals surface area contributed by atoms with E-state index in [9.17, 15) is 18.8 Å². The molecule has 1 N–H and O–H groups in total. The van der Waals surface area contributed by atoms with Crippen LogP contribution in [0.1, 0.15) is 13.8 Å². The first-order valence-electron chi connectivity index (χ1n) is 8.75. The minimum absolute atomic E-state index is 0.0396. The van der Waals surface area contributed by atoms with E-state index in [0.717, 1.165) is 10.6 Å². The largest absolute Gasteiger partial charge is 0.331 e. The van der Waals surface area contributed by atoms with Crippen molar-refractivity contribution in [1.82, 2.24) is 9.13 Å². The van der Waals surface area contributed by atoms with E-state index in [2.05, 4.69) is 5.32 Å². The summed E-state index contributed by atoms with van der Waals surface area (Å²) in [6.07, 6.45) is 0. The van der Waals surface area contributed by atoms with Gasteiger partial charge in [0, 0.05) is 11.6 Å². The molecule has 3 rings (SSSR count). The molecule has 0 spiro atoms. The first kappa shape index (κ1) is 19.8. The molecule has 1 amide bonds. The molecule has 0 fully saturated rings. The zero-order valence-electron chi connectivity index (χ0n) is 15.4. The first-order valence-corrected chi connectivity index (χ1v) is 9.13. The molecule has 0 aliphatic rings. The van der Waals surface area contributed by atoms with Gasteiger partial charge in [-0.2, -0.15) is 0 Å². The molecule has 28 heavy (non-hydrogen) atoms. The van der Waals surface area contributed by atoms with Crippen molar-refractivity contribution in [3.8, 4) is 0 Å². The minimum atomic E-state index is -0.678. The third kappa shape index (κ3) is 3.99. The predicted molar refractivity (Wildman–Crippen MR) is 107 cm³/mol. The van der Waals surface area contributed by atoms with Crippen LogP contribution >= 0.6 is 11.6 Å². The van der Waals surface area contributed by atoms with Gasteiger partial charge in [-0.05, 0) is 36.2 Å². The molecule has 0 saturated carbocycles. The number of benzene rings is 2. The van der Waals surface area contributed by atoms with E-state index in [0.29, 0.717) is 10.9 Å². The minimum Gasteiger partial charge on any atom is -0.322 e. The first-order chi connectivity index (χ1) is 13.3. The lowest BCUT2D eigenvalue weighted by atomic mass is 10.2. The molecule has 6 nitrogen and oxygen atoms in total. The van der Waals surface area contributed by atoms with Crippen molar-refractivity contribution in [3.63, 3.8) is 0 Å². The van der Waals surface area contributed by atoms with Crippen LogP contribution in [0.25, 0.3) is 10.9 Å². The number of amides is 1. The van der Waals surface area contributed by atoms with E-state index in [1.54, 1.807) is 24.3 Å². The summed E-state index contributed by atoms with van der Waals surface area (Å²) in [6.45, 7) is 3.65. The highest BCUT2D eigenvalue weighted by Gasteiger charge is 2.16. The summed E-state index contributed by atoms with van der Waals surface area (Å²) in [5.41, 5.74) is -0.662. The van der Waals surface area contributed by atoms with E-state index < -0.39 is 23.0 Å². The van der Waals surface area contributed by atoms with Gasteiger partial charge < -0.3 is 5.32 Å². The molecule has 0 atom stereocenters. The number of carbonyl (C=O) groups is 1. The van der Waals surface area contributed by atoms with Crippen LogP contribution in [0.15, 0.2) is 52.1 Å². The van der Waals surface area contributed by atoms with Gasteiger partial charge in [0.05, 0.1) is 16.6 Å². The van der Waals surface area contributed by atoms with Crippen LogP contribution in [0.3, 0.4) is 0 Å². The number of anilines is 1. The maximum absolute atomic E-state index is 13.9. The Labute approximate surface area is 165 Å². The van der Waals surface area contributed by atoms with Gasteiger partial charge in [-0.3, -0.25) is 18.7 Å². The van der Waals surface area contributed by atoms with Gasteiger partial charge in [0.1, 0.15) is 12.4 Å². The Kier molecular flexibility index (Phi) is 5.65. The van der Waals surface area contributed by atoms with Gasteiger partial charge in [0.15, 0.2) is 0 Å². The molecule has 0 aliphatic carbocycles. The third-order valence-corrected chi connectivity index (χ3v) is 4.42. The van der Waals surface area contributed by atoms with Crippen molar-refractivity contribution >= 4 is 34.1 Å². The smallest absolute Gasteiger partial charge is 0.322 e. The summed E-state index contributed by atoms with van der Waals surface area (Å²) < 4.78 is 16.3. The van der Waals surface area contributed by atoms with E-state index in [4.69, 9.17) is 11.6 Å². The molecule has 0 saturated heterocycles. The molecule has 0 bridgehead atoms. The van der Waals surface area contributed by atoms with E-state index in [1.807, 2.05) is 13.8 Å². The van der Waals surface area contributed by atoms with Gasteiger partial charge in [0.25, 0.3) is 5.56 Å². The number of hydrogen-bond acceptors (Lipinski definition) is 3. The summed E-state index contributed by atoms with van der Waals surface area (Å²) >= 11 is 5.71. The number of hydrogen-bond donors (Lipinski definition) is 1. The average Bonchev–Trinajstić information content (AvgIpc) is 2.64. The molecule has 8 heteroatoms. The molecule has 0 aliphatic heterocycles. The van der Waals surface area contributed by atoms with Gasteiger partial charge in [0.2, 0.25) is 5.91 Å². The fraction of sp³-hybridized carbons (Fsp3) is 0.250. The van der Waals surface area contributed by atoms with Crippen molar-refractivity contribution in [2.75, 3.05) is 5.32 Å². The van der Waals surface area contributed by atoms with Crippen LogP contribution in [0.5, 0.6) is 0 Å². The van der Waals surface area contributed by atoms with Gasteiger partial charge in [-0.15, -0.1) is 0 Å². The SMILES string of the molecule is CC(C)Cn1c(=O)c2ccccc2n(CC(=O)Nc2ccc(Cl)cc2F)c1=O. The van der Waals surface area contributed by atoms with Crippen LogP contribution in [0.2, 0.25) is 5.02 Å². The zero-order valence-corrected chi connectivity index (χ0v) is 16.2. The second-order valence-electron chi connectivity index (χ2n) is 6.87. The fourth-order valence-corrected chi connectivity index (χ4v) is 3.13. The number of fused-ring (bicyclic) bond motifs is 1. The van der Waals surface area contributed by atoms with Crippen molar-refractivity contribution in [2.24, 2.45) is 5.92 Å². The molecule has 2 aromatic carbocycles.